The number of hydrogen-bond acceptors (Lipinski definition) is 4. The van der Waals surface area contributed by atoms with E-state index >= 15 is 4.39 Å². The van der Waals surface area contributed by atoms with Crippen LogP contribution in [-0.4, -0.2) is 34.8 Å². The lowest BCUT2D eigenvalue weighted by Gasteiger charge is -2.25. The predicted octanol–water partition coefficient (Wildman–Crippen LogP) is 2.27. The fourth-order valence-corrected chi connectivity index (χ4v) is 4.02. The van der Waals surface area contributed by atoms with Gasteiger partial charge in [0.15, 0.2) is 0 Å². The van der Waals surface area contributed by atoms with E-state index < -0.39 is 17.2 Å². The van der Waals surface area contributed by atoms with Crippen molar-refractivity contribution in [2.75, 3.05) is 18.0 Å². The Bertz CT molecular complexity index is 965. The number of carboxylic acid groups (broad SMARTS) is 1. The minimum atomic E-state index is -1.28. The average Bonchev–Trinajstić information content (AvgIpc) is 3.35. The van der Waals surface area contributed by atoms with Gasteiger partial charge >= 0.3 is 5.97 Å². The summed E-state index contributed by atoms with van der Waals surface area (Å²) in [5.74, 6) is -1.76. The predicted molar refractivity (Wildman–Crippen MR) is 97.6 cm³/mol. The molecule has 26 heavy (non-hydrogen) atoms. The number of pyridine rings is 1. The smallest absolute Gasteiger partial charge is 0.341 e. The van der Waals surface area contributed by atoms with Crippen LogP contribution < -0.4 is 16.1 Å². The molecule has 6 nitrogen and oxygen atoms in total. The molecule has 138 valence electrons. The van der Waals surface area contributed by atoms with E-state index in [9.17, 15) is 14.7 Å². The van der Waals surface area contributed by atoms with Gasteiger partial charge in [0.05, 0.1) is 11.2 Å². The molecule has 0 radical (unpaired) electrons. The molecule has 1 atom stereocenters. The van der Waals surface area contributed by atoms with Crippen LogP contribution in [0.1, 0.15) is 48.1 Å². The summed E-state index contributed by atoms with van der Waals surface area (Å²) in [6.45, 7) is 3.19. The third-order valence-electron chi connectivity index (χ3n) is 5.40. The second kappa shape index (κ2) is 6.09. The van der Waals surface area contributed by atoms with E-state index in [1.54, 1.807) is 0 Å². The number of halogens is 1. The minimum absolute atomic E-state index is 0.00909. The first-order valence-electron chi connectivity index (χ1n) is 9.06. The molecule has 2 aliphatic rings. The molecule has 2 fully saturated rings. The molecule has 1 saturated heterocycles. The Kier molecular flexibility index (Phi) is 3.99. The maximum Gasteiger partial charge on any atom is 0.341 e. The third kappa shape index (κ3) is 2.58. The van der Waals surface area contributed by atoms with Gasteiger partial charge in [0, 0.05) is 42.3 Å². The molecule has 1 aliphatic carbocycles. The van der Waals surface area contributed by atoms with Gasteiger partial charge in [0.25, 0.3) is 0 Å². The van der Waals surface area contributed by atoms with Crippen LogP contribution in [0.3, 0.4) is 0 Å². The minimum Gasteiger partial charge on any atom is -0.477 e. The second-order valence-corrected chi connectivity index (χ2v) is 7.25. The normalized spacial score (nSPS) is 20.1. The van der Waals surface area contributed by atoms with E-state index in [-0.39, 0.29) is 23.0 Å². The summed E-state index contributed by atoms with van der Waals surface area (Å²) in [5.41, 5.74) is 7.00. The number of aryl methyl sites for hydroxylation is 1. The van der Waals surface area contributed by atoms with Crippen molar-refractivity contribution < 1.29 is 14.3 Å². The van der Waals surface area contributed by atoms with Crippen LogP contribution >= 0.6 is 0 Å². The molecule has 0 bridgehead atoms. The maximum atomic E-state index is 15.0. The van der Waals surface area contributed by atoms with Crippen molar-refractivity contribution in [3.63, 3.8) is 0 Å². The van der Waals surface area contributed by atoms with Crippen molar-refractivity contribution in [2.45, 2.75) is 44.7 Å². The van der Waals surface area contributed by atoms with E-state index in [1.165, 1.54) is 12.3 Å². The molecular weight excluding hydrogens is 337 g/mol. The van der Waals surface area contributed by atoms with Crippen LogP contribution in [0.15, 0.2) is 17.1 Å². The van der Waals surface area contributed by atoms with E-state index in [0.29, 0.717) is 30.7 Å². The molecule has 2 aromatic rings. The van der Waals surface area contributed by atoms with Crippen LogP contribution in [-0.2, 0) is 6.42 Å². The van der Waals surface area contributed by atoms with Gasteiger partial charge in [0.1, 0.15) is 11.4 Å². The monoisotopic (exact) mass is 359 g/mol. The Morgan fingerprint density at radius 1 is 1.38 bits per heavy atom. The third-order valence-corrected chi connectivity index (χ3v) is 5.40. The number of carboxylic acids is 1. The first-order valence-corrected chi connectivity index (χ1v) is 9.06. The lowest BCUT2D eigenvalue weighted by Crippen LogP contribution is -2.28. The van der Waals surface area contributed by atoms with Crippen molar-refractivity contribution in [1.82, 2.24) is 4.57 Å². The van der Waals surface area contributed by atoms with E-state index in [1.807, 2.05) is 16.4 Å². The van der Waals surface area contributed by atoms with Crippen LogP contribution in [0.25, 0.3) is 10.9 Å². The van der Waals surface area contributed by atoms with Crippen LogP contribution in [0.5, 0.6) is 0 Å². The van der Waals surface area contributed by atoms with Crippen molar-refractivity contribution in [3.05, 3.63) is 39.4 Å². The standard InChI is InChI=1S/C19H22FN3O3/c1-2-12-16-13(7-15(20)17(12)22-6-5-10(21)8-22)18(24)14(19(25)26)9-23(16)11-3-4-11/h7,9-11H,2-6,8,21H2,1H3,(H,25,26). The van der Waals surface area contributed by atoms with Crippen LogP contribution in [0.2, 0.25) is 0 Å². The van der Waals surface area contributed by atoms with E-state index in [2.05, 4.69) is 0 Å². The average molecular weight is 359 g/mol. The zero-order valence-corrected chi connectivity index (χ0v) is 14.7. The zero-order valence-electron chi connectivity index (χ0n) is 14.7. The largest absolute Gasteiger partial charge is 0.477 e. The number of carbonyl (C=O) groups is 1. The number of rotatable bonds is 4. The zero-order chi connectivity index (χ0) is 18.6. The molecular formula is C19H22FN3O3. The fourth-order valence-electron chi connectivity index (χ4n) is 4.02. The molecule has 1 aromatic carbocycles. The molecule has 3 N–H and O–H groups in total. The van der Waals surface area contributed by atoms with E-state index in [0.717, 1.165) is 24.8 Å². The Morgan fingerprint density at radius 3 is 2.65 bits per heavy atom. The Morgan fingerprint density at radius 2 is 2.12 bits per heavy atom. The van der Waals surface area contributed by atoms with Gasteiger partial charge < -0.3 is 20.3 Å². The van der Waals surface area contributed by atoms with Crippen LogP contribution in [0, 0.1) is 5.82 Å². The molecule has 2 heterocycles. The van der Waals surface area contributed by atoms with Gasteiger partial charge in [-0.15, -0.1) is 0 Å². The highest BCUT2D eigenvalue weighted by Crippen LogP contribution is 2.40. The molecule has 1 aromatic heterocycles. The summed E-state index contributed by atoms with van der Waals surface area (Å²) in [7, 11) is 0. The number of hydrogen-bond donors (Lipinski definition) is 2. The summed E-state index contributed by atoms with van der Waals surface area (Å²) in [5, 5.41) is 9.53. The van der Waals surface area contributed by atoms with Gasteiger partial charge in [-0.3, -0.25) is 4.79 Å². The number of nitrogens with two attached hydrogens (primary N) is 1. The lowest BCUT2D eigenvalue weighted by atomic mass is 10.0. The number of anilines is 1. The second-order valence-electron chi connectivity index (χ2n) is 7.25. The molecule has 0 amide bonds. The molecule has 0 spiro atoms. The van der Waals surface area contributed by atoms with Crippen molar-refractivity contribution >= 4 is 22.6 Å². The quantitative estimate of drug-likeness (QED) is 0.874. The molecule has 1 aliphatic heterocycles. The topological polar surface area (TPSA) is 88.6 Å². The van der Waals surface area contributed by atoms with Crippen molar-refractivity contribution in [2.24, 2.45) is 5.73 Å². The highest BCUT2D eigenvalue weighted by molar-refractivity contribution is 5.95. The Balaban J connectivity index is 2.06. The fraction of sp³-hybridized carbons (Fsp3) is 0.474. The Labute approximate surface area is 150 Å². The number of nitrogens with zero attached hydrogens (tertiary/aromatic N) is 2. The van der Waals surface area contributed by atoms with Crippen LogP contribution in [0.4, 0.5) is 10.1 Å². The molecule has 7 heteroatoms. The highest BCUT2D eigenvalue weighted by Gasteiger charge is 2.31. The molecule has 1 saturated carbocycles. The SMILES string of the molecule is CCc1c(N2CCC(N)C2)c(F)cc2c(=O)c(C(=O)O)cn(C3CC3)c12. The Hall–Kier alpha value is -2.41. The van der Waals surface area contributed by atoms with Gasteiger partial charge in [-0.1, -0.05) is 6.92 Å². The van der Waals surface area contributed by atoms with Gasteiger partial charge in [-0.25, -0.2) is 9.18 Å². The summed E-state index contributed by atoms with van der Waals surface area (Å²) in [6, 6.07) is 1.39. The van der Waals surface area contributed by atoms with Gasteiger partial charge in [-0.05, 0) is 31.7 Å². The number of aromatic carboxylic acids is 1. The van der Waals surface area contributed by atoms with Crippen molar-refractivity contribution in [1.29, 1.82) is 0 Å². The number of fused-ring (bicyclic) bond motifs is 1. The summed E-state index contributed by atoms with van der Waals surface area (Å²) < 4.78 is 16.9. The molecule has 4 rings (SSSR count). The van der Waals surface area contributed by atoms with Gasteiger partial charge in [0.2, 0.25) is 5.43 Å². The number of benzene rings is 1. The molecule has 1 unspecified atom stereocenters. The van der Waals surface area contributed by atoms with E-state index in [4.69, 9.17) is 5.73 Å². The van der Waals surface area contributed by atoms with Crippen molar-refractivity contribution in [3.8, 4) is 0 Å². The first kappa shape index (κ1) is 17.0. The highest BCUT2D eigenvalue weighted by atomic mass is 19.1. The lowest BCUT2D eigenvalue weighted by molar-refractivity contribution is 0.0695. The number of aromatic nitrogens is 1. The summed E-state index contributed by atoms with van der Waals surface area (Å²) >= 11 is 0. The maximum absolute atomic E-state index is 15.0. The van der Waals surface area contributed by atoms with Gasteiger partial charge in [-0.2, -0.15) is 0 Å². The summed E-state index contributed by atoms with van der Waals surface area (Å²) in [6.07, 6.45) is 4.64. The first-order chi connectivity index (χ1) is 12.4. The summed E-state index contributed by atoms with van der Waals surface area (Å²) in [4.78, 5) is 26.1.